The van der Waals surface area contributed by atoms with Gasteiger partial charge in [-0.05, 0) is 26.7 Å². The largest absolute Gasteiger partial charge is 0.403 e. The van der Waals surface area contributed by atoms with Gasteiger partial charge in [0.25, 0.3) is 0 Å². The number of sulfone groups is 1. The minimum Gasteiger partial charge on any atom is -0.351 e. The quantitative estimate of drug-likeness (QED) is 0.800. The number of halogens is 3. The van der Waals surface area contributed by atoms with Gasteiger partial charge in [-0.3, -0.25) is 4.79 Å². The van der Waals surface area contributed by atoms with Crippen molar-refractivity contribution < 1.29 is 26.4 Å². The summed E-state index contributed by atoms with van der Waals surface area (Å²) in [4.78, 5) is 11.9. The zero-order chi connectivity index (χ0) is 15.8. The predicted octanol–water partition coefficient (Wildman–Crippen LogP) is 0.609. The number of nitrogens with one attached hydrogen (secondary N) is 2. The molecule has 118 valence electrons. The highest BCUT2D eigenvalue weighted by atomic mass is 32.2. The first-order chi connectivity index (χ1) is 8.85. The minimum atomic E-state index is -4.30. The Morgan fingerprint density at radius 3 is 2.15 bits per heavy atom. The van der Waals surface area contributed by atoms with E-state index in [2.05, 4.69) is 10.6 Å². The van der Waals surface area contributed by atoms with Crippen LogP contribution in [0, 0.1) is 0 Å². The third-order valence-corrected chi connectivity index (χ3v) is 5.66. The summed E-state index contributed by atoms with van der Waals surface area (Å²) in [5.41, 5.74) is 0. The zero-order valence-corrected chi connectivity index (χ0v) is 12.4. The van der Waals surface area contributed by atoms with Crippen LogP contribution in [0.1, 0.15) is 26.7 Å². The molecule has 1 heterocycles. The van der Waals surface area contributed by atoms with Crippen LogP contribution < -0.4 is 10.6 Å². The predicted molar refractivity (Wildman–Crippen MR) is 67.9 cm³/mol. The fraction of sp³-hybridized carbons (Fsp3) is 0.909. The summed E-state index contributed by atoms with van der Waals surface area (Å²) in [6.45, 7) is 2.51. The highest BCUT2D eigenvalue weighted by molar-refractivity contribution is 7.92. The summed E-state index contributed by atoms with van der Waals surface area (Å²) in [5, 5.41) is 4.81. The van der Waals surface area contributed by atoms with Crippen molar-refractivity contribution in [3.05, 3.63) is 0 Å². The van der Waals surface area contributed by atoms with Gasteiger partial charge in [0.05, 0.1) is 0 Å². The summed E-state index contributed by atoms with van der Waals surface area (Å²) in [5.74, 6) is -0.697. The molecule has 20 heavy (non-hydrogen) atoms. The molecule has 0 aliphatic carbocycles. The summed E-state index contributed by atoms with van der Waals surface area (Å²) < 4.78 is 58.7. The lowest BCUT2D eigenvalue weighted by molar-refractivity contribution is -0.161. The topological polar surface area (TPSA) is 75.3 Å². The Hall–Kier alpha value is -0.830. The number of hydrogen-bond acceptors (Lipinski definition) is 4. The maximum Gasteiger partial charge on any atom is 0.403 e. The van der Waals surface area contributed by atoms with Gasteiger partial charge in [-0.15, -0.1) is 0 Å². The average molecular weight is 316 g/mol. The van der Waals surface area contributed by atoms with Crippen molar-refractivity contribution in [1.29, 1.82) is 0 Å². The summed E-state index contributed by atoms with van der Waals surface area (Å²) in [6, 6.07) is -2.07. The molecule has 1 rings (SSSR count). The number of piperidine rings is 1. The molecular formula is C11H19F3N2O3S. The van der Waals surface area contributed by atoms with Crippen molar-refractivity contribution >= 4 is 15.7 Å². The standard InChI is InChI=1S/C11H19F3N2O3S/c1-10(2,20(3,18)19)9(17)16-7-4-5-8(15-6-7)11(12,13)14/h7-8,15H,4-6H2,1-3H3,(H,16,17). The lowest BCUT2D eigenvalue weighted by Crippen LogP contribution is -2.57. The van der Waals surface area contributed by atoms with Crippen LogP contribution in [-0.4, -0.2) is 50.1 Å². The molecule has 1 saturated heterocycles. The molecule has 0 aromatic rings. The van der Waals surface area contributed by atoms with E-state index >= 15 is 0 Å². The van der Waals surface area contributed by atoms with Crippen molar-refractivity contribution in [3.63, 3.8) is 0 Å². The second-order valence-electron chi connectivity index (χ2n) is 5.53. The third kappa shape index (κ3) is 3.85. The Balaban J connectivity index is 2.59. The van der Waals surface area contributed by atoms with E-state index in [9.17, 15) is 26.4 Å². The first-order valence-electron chi connectivity index (χ1n) is 6.16. The third-order valence-electron chi connectivity index (χ3n) is 3.62. The van der Waals surface area contributed by atoms with E-state index in [1.807, 2.05) is 0 Å². The number of carbonyl (C=O) groups excluding carboxylic acids is 1. The Labute approximate surface area is 116 Å². The maximum atomic E-state index is 12.4. The fourth-order valence-electron chi connectivity index (χ4n) is 1.79. The zero-order valence-electron chi connectivity index (χ0n) is 11.5. The van der Waals surface area contributed by atoms with E-state index in [4.69, 9.17) is 0 Å². The summed E-state index contributed by atoms with van der Waals surface area (Å²) in [7, 11) is -3.60. The smallest absolute Gasteiger partial charge is 0.351 e. The Bertz CT molecular complexity index is 466. The highest BCUT2D eigenvalue weighted by Crippen LogP contribution is 2.26. The molecule has 2 N–H and O–H groups in total. The van der Waals surface area contributed by atoms with Crippen LogP contribution in [0.15, 0.2) is 0 Å². The van der Waals surface area contributed by atoms with Crippen molar-refractivity contribution in [2.45, 2.75) is 49.7 Å². The number of hydrogen-bond donors (Lipinski definition) is 2. The second kappa shape index (κ2) is 5.51. The van der Waals surface area contributed by atoms with Gasteiger partial charge in [-0.25, -0.2) is 8.42 Å². The maximum absolute atomic E-state index is 12.4. The van der Waals surface area contributed by atoms with Crippen molar-refractivity contribution in [2.75, 3.05) is 12.8 Å². The molecule has 1 amide bonds. The molecule has 1 aliphatic rings. The number of carbonyl (C=O) groups is 1. The first kappa shape index (κ1) is 17.2. The van der Waals surface area contributed by atoms with E-state index in [0.717, 1.165) is 6.26 Å². The van der Waals surface area contributed by atoms with Crippen LogP contribution in [0.25, 0.3) is 0 Å². The van der Waals surface area contributed by atoms with E-state index in [1.54, 1.807) is 0 Å². The average Bonchev–Trinajstić information content (AvgIpc) is 2.26. The molecule has 5 nitrogen and oxygen atoms in total. The molecule has 1 aliphatic heterocycles. The molecule has 0 aromatic heterocycles. The monoisotopic (exact) mass is 316 g/mol. The fourth-order valence-corrected chi connectivity index (χ4v) is 2.18. The van der Waals surface area contributed by atoms with Crippen molar-refractivity contribution in [1.82, 2.24) is 10.6 Å². The number of alkyl halides is 3. The van der Waals surface area contributed by atoms with Gasteiger partial charge in [0, 0.05) is 18.8 Å². The van der Waals surface area contributed by atoms with Crippen LogP contribution in [0.5, 0.6) is 0 Å². The molecule has 0 spiro atoms. The Morgan fingerprint density at radius 1 is 1.25 bits per heavy atom. The van der Waals surface area contributed by atoms with Crippen LogP contribution >= 0.6 is 0 Å². The van der Waals surface area contributed by atoms with E-state index in [1.165, 1.54) is 13.8 Å². The molecule has 0 radical (unpaired) electrons. The van der Waals surface area contributed by atoms with Crippen LogP contribution in [-0.2, 0) is 14.6 Å². The van der Waals surface area contributed by atoms with Crippen molar-refractivity contribution in [3.8, 4) is 0 Å². The minimum absolute atomic E-state index is 0.0320. The first-order valence-corrected chi connectivity index (χ1v) is 8.05. The van der Waals surface area contributed by atoms with Crippen LogP contribution in [0.2, 0.25) is 0 Å². The molecule has 1 fully saturated rings. The van der Waals surface area contributed by atoms with E-state index < -0.39 is 38.8 Å². The molecule has 0 saturated carbocycles. The molecule has 0 bridgehead atoms. The molecule has 9 heteroatoms. The molecule has 0 aromatic carbocycles. The van der Waals surface area contributed by atoms with Gasteiger partial charge in [-0.2, -0.15) is 13.2 Å². The van der Waals surface area contributed by atoms with E-state index in [-0.39, 0.29) is 19.4 Å². The normalized spacial score (nSPS) is 25.3. The van der Waals surface area contributed by atoms with Gasteiger partial charge in [0.1, 0.15) is 10.8 Å². The Kier molecular flexibility index (Phi) is 4.75. The van der Waals surface area contributed by atoms with Gasteiger partial charge in [0.2, 0.25) is 5.91 Å². The lowest BCUT2D eigenvalue weighted by Gasteiger charge is -2.33. The summed E-state index contributed by atoms with van der Waals surface area (Å²) >= 11 is 0. The molecular weight excluding hydrogens is 297 g/mol. The molecule has 2 atom stereocenters. The van der Waals surface area contributed by atoms with Gasteiger partial charge in [0.15, 0.2) is 9.84 Å². The van der Waals surface area contributed by atoms with E-state index in [0.29, 0.717) is 0 Å². The molecule has 2 unspecified atom stereocenters. The van der Waals surface area contributed by atoms with Gasteiger partial charge >= 0.3 is 6.18 Å². The highest BCUT2D eigenvalue weighted by Gasteiger charge is 2.43. The SMILES string of the molecule is CC(C)(C(=O)NC1CCC(C(F)(F)F)NC1)S(C)(=O)=O. The second-order valence-corrected chi connectivity index (χ2v) is 8.10. The van der Waals surface area contributed by atoms with Gasteiger partial charge in [-0.1, -0.05) is 0 Å². The van der Waals surface area contributed by atoms with Crippen LogP contribution in [0.4, 0.5) is 13.2 Å². The lowest BCUT2D eigenvalue weighted by atomic mass is 9.99. The van der Waals surface area contributed by atoms with Gasteiger partial charge < -0.3 is 10.6 Å². The number of amides is 1. The number of rotatable bonds is 3. The Morgan fingerprint density at radius 2 is 1.80 bits per heavy atom. The summed E-state index contributed by atoms with van der Waals surface area (Å²) in [6.07, 6.45) is -3.34. The van der Waals surface area contributed by atoms with Crippen molar-refractivity contribution in [2.24, 2.45) is 0 Å². The van der Waals surface area contributed by atoms with Crippen LogP contribution in [0.3, 0.4) is 0 Å².